The maximum atomic E-state index is 12.0. The van der Waals surface area contributed by atoms with Crippen LogP contribution in [0.2, 0.25) is 0 Å². The highest BCUT2D eigenvalue weighted by molar-refractivity contribution is 5.85. The van der Waals surface area contributed by atoms with Crippen LogP contribution >= 0.6 is 12.4 Å². The highest BCUT2D eigenvalue weighted by atomic mass is 35.5. The van der Waals surface area contributed by atoms with Crippen molar-refractivity contribution in [3.8, 4) is 0 Å². The van der Waals surface area contributed by atoms with Gasteiger partial charge in [0.15, 0.2) is 0 Å². The smallest absolute Gasteiger partial charge is 0.222 e. The number of hydrogen-bond acceptors (Lipinski definition) is 2. The van der Waals surface area contributed by atoms with Gasteiger partial charge in [-0.15, -0.1) is 12.4 Å². The molecule has 1 atom stereocenters. The number of likely N-dealkylation sites (tertiary alicyclic amines) is 1. The third-order valence-corrected chi connectivity index (χ3v) is 4.19. The Labute approximate surface area is 111 Å². The fourth-order valence-electron chi connectivity index (χ4n) is 3.01. The number of carbonyl (C=O) groups is 1. The molecule has 100 valence electrons. The van der Waals surface area contributed by atoms with Crippen LogP contribution in [-0.4, -0.2) is 37.0 Å². The predicted molar refractivity (Wildman–Crippen MR) is 72.5 cm³/mol. The van der Waals surface area contributed by atoms with Crippen molar-refractivity contribution in [1.29, 1.82) is 0 Å². The summed E-state index contributed by atoms with van der Waals surface area (Å²) in [6.45, 7) is 1.87. The largest absolute Gasteiger partial charge is 0.341 e. The fraction of sp³-hybridized carbons (Fsp3) is 0.923. The number of carbonyl (C=O) groups excluding carboxylic acids is 1. The lowest BCUT2D eigenvalue weighted by Crippen LogP contribution is -2.33. The molecule has 4 heteroatoms. The zero-order valence-corrected chi connectivity index (χ0v) is 11.6. The number of nitrogens with one attached hydrogen (secondary N) is 1. The molecule has 1 aliphatic heterocycles. The van der Waals surface area contributed by atoms with Gasteiger partial charge in [-0.25, -0.2) is 0 Å². The van der Waals surface area contributed by atoms with Gasteiger partial charge in [-0.2, -0.15) is 0 Å². The molecular weight excluding hydrogens is 236 g/mol. The molecule has 0 spiro atoms. The Morgan fingerprint density at radius 3 is 2.59 bits per heavy atom. The van der Waals surface area contributed by atoms with Crippen molar-refractivity contribution in [1.82, 2.24) is 10.2 Å². The molecule has 1 unspecified atom stereocenters. The van der Waals surface area contributed by atoms with Gasteiger partial charge in [0.2, 0.25) is 5.91 Å². The summed E-state index contributed by atoms with van der Waals surface area (Å²) >= 11 is 0. The van der Waals surface area contributed by atoms with Gasteiger partial charge in [0, 0.05) is 25.6 Å². The van der Waals surface area contributed by atoms with E-state index in [4.69, 9.17) is 0 Å². The Balaban J connectivity index is 0.00000144. The molecule has 1 saturated heterocycles. The van der Waals surface area contributed by atoms with Gasteiger partial charge in [-0.3, -0.25) is 4.79 Å². The highest BCUT2D eigenvalue weighted by Crippen LogP contribution is 2.28. The Hall–Kier alpha value is -0.280. The molecule has 0 aromatic heterocycles. The summed E-state index contributed by atoms with van der Waals surface area (Å²) in [6.07, 6.45) is 8.49. The van der Waals surface area contributed by atoms with Crippen LogP contribution in [0.5, 0.6) is 0 Å². The van der Waals surface area contributed by atoms with E-state index in [1.54, 1.807) is 0 Å². The lowest BCUT2D eigenvalue weighted by Gasteiger charge is -2.17. The maximum absolute atomic E-state index is 12.0. The summed E-state index contributed by atoms with van der Waals surface area (Å²) < 4.78 is 0. The quantitative estimate of drug-likeness (QED) is 0.841. The Kier molecular flexibility index (Phi) is 6.28. The summed E-state index contributed by atoms with van der Waals surface area (Å²) in [6, 6.07) is 0.524. The van der Waals surface area contributed by atoms with E-state index in [0.717, 1.165) is 38.3 Å². The van der Waals surface area contributed by atoms with Crippen molar-refractivity contribution in [2.75, 3.05) is 20.1 Å². The van der Waals surface area contributed by atoms with Gasteiger partial charge in [0.1, 0.15) is 0 Å². The minimum atomic E-state index is 0. The zero-order valence-electron chi connectivity index (χ0n) is 10.8. The first-order valence-corrected chi connectivity index (χ1v) is 6.74. The van der Waals surface area contributed by atoms with E-state index in [0.29, 0.717) is 11.9 Å². The first kappa shape index (κ1) is 14.8. The molecule has 0 bridgehead atoms. The van der Waals surface area contributed by atoms with E-state index in [1.807, 2.05) is 11.9 Å². The molecule has 2 fully saturated rings. The van der Waals surface area contributed by atoms with E-state index in [1.165, 1.54) is 25.7 Å². The number of rotatable bonds is 4. The standard InChI is InChI=1S/C13H24N2O.ClH/c1-14-12-8-9-15(10-12)13(16)7-6-11-4-2-3-5-11;/h11-12,14H,2-10H2,1H3;1H. The molecule has 2 aliphatic rings. The number of hydrogen-bond donors (Lipinski definition) is 1. The average molecular weight is 261 g/mol. The van der Waals surface area contributed by atoms with Crippen LogP contribution in [0.3, 0.4) is 0 Å². The van der Waals surface area contributed by atoms with Crippen LogP contribution in [0.4, 0.5) is 0 Å². The van der Waals surface area contributed by atoms with Gasteiger partial charge in [-0.1, -0.05) is 25.7 Å². The Morgan fingerprint density at radius 1 is 1.29 bits per heavy atom. The normalized spacial score (nSPS) is 25.0. The van der Waals surface area contributed by atoms with Crippen molar-refractivity contribution in [2.24, 2.45) is 5.92 Å². The second-order valence-electron chi connectivity index (χ2n) is 5.30. The molecule has 2 rings (SSSR count). The van der Waals surface area contributed by atoms with Crippen LogP contribution in [0.1, 0.15) is 44.9 Å². The number of halogens is 1. The summed E-state index contributed by atoms with van der Waals surface area (Å²) in [5, 5.41) is 3.25. The molecule has 0 aromatic rings. The van der Waals surface area contributed by atoms with Crippen LogP contribution in [-0.2, 0) is 4.79 Å². The monoisotopic (exact) mass is 260 g/mol. The van der Waals surface area contributed by atoms with Crippen LogP contribution in [0, 0.1) is 5.92 Å². The predicted octanol–water partition coefficient (Wildman–Crippen LogP) is 2.20. The van der Waals surface area contributed by atoms with Crippen molar-refractivity contribution >= 4 is 18.3 Å². The van der Waals surface area contributed by atoms with Crippen molar-refractivity contribution in [3.63, 3.8) is 0 Å². The molecular formula is C13H25ClN2O. The number of amides is 1. The Morgan fingerprint density at radius 2 is 2.00 bits per heavy atom. The van der Waals surface area contributed by atoms with Gasteiger partial charge in [-0.05, 0) is 25.8 Å². The summed E-state index contributed by atoms with van der Waals surface area (Å²) in [4.78, 5) is 14.0. The molecule has 1 aliphatic carbocycles. The van der Waals surface area contributed by atoms with Crippen molar-refractivity contribution in [2.45, 2.75) is 51.0 Å². The first-order chi connectivity index (χ1) is 7.79. The summed E-state index contributed by atoms with van der Waals surface area (Å²) in [7, 11) is 1.98. The Bertz CT molecular complexity index is 242. The molecule has 1 amide bonds. The lowest BCUT2D eigenvalue weighted by atomic mass is 10.0. The highest BCUT2D eigenvalue weighted by Gasteiger charge is 2.25. The minimum absolute atomic E-state index is 0. The van der Waals surface area contributed by atoms with E-state index in [2.05, 4.69) is 5.32 Å². The van der Waals surface area contributed by atoms with E-state index in [-0.39, 0.29) is 12.4 Å². The fourth-order valence-corrected chi connectivity index (χ4v) is 3.01. The first-order valence-electron chi connectivity index (χ1n) is 6.74. The van der Waals surface area contributed by atoms with Crippen molar-refractivity contribution in [3.05, 3.63) is 0 Å². The number of likely N-dealkylation sites (N-methyl/N-ethyl adjacent to an activating group) is 1. The van der Waals surface area contributed by atoms with Gasteiger partial charge >= 0.3 is 0 Å². The second-order valence-corrected chi connectivity index (χ2v) is 5.30. The maximum Gasteiger partial charge on any atom is 0.222 e. The van der Waals surface area contributed by atoms with Gasteiger partial charge in [0.25, 0.3) is 0 Å². The van der Waals surface area contributed by atoms with Crippen LogP contribution in [0.15, 0.2) is 0 Å². The van der Waals surface area contributed by atoms with Crippen molar-refractivity contribution < 1.29 is 4.79 Å². The average Bonchev–Trinajstić information content (AvgIpc) is 2.96. The van der Waals surface area contributed by atoms with E-state index < -0.39 is 0 Å². The molecule has 0 radical (unpaired) electrons. The number of nitrogens with zero attached hydrogens (tertiary/aromatic N) is 1. The SMILES string of the molecule is CNC1CCN(C(=O)CCC2CCCC2)C1.Cl. The van der Waals surface area contributed by atoms with Gasteiger partial charge in [0.05, 0.1) is 0 Å². The van der Waals surface area contributed by atoms with Gasteiger partial charge < -0.3 is 10.2 Å². The molecule has 17 heavy (non-hydrogen) atoms. The van der Waals surface area contributed by atoms with E-state index >= 15 is 0 Å². The zero-order chi connectivity index (χ0) is 11.4. The van der Waals surface area contributed by atoms with E-state index in [9.17, 15) is 4.79 Å². The molecule has 0 aromatic carbocycles. The van der Waals surface area contributed by atoms with Crippen LogP contribution in [0.25, 0.3) is 0 Å². The summed E-state index contributed by atoms with van der Waals surface area (Å²) in [5.74, 6) is 1.22. The van der Waals surface area contributed by atoms with Crippen LogP contribution < -0.4 is 5.32 Å². The third-order valence-electron chi connectivity index (χ3n) is 4.19. The molecule has 1 heterocycles. The topological polar surface area (TPSA) is 32.3 Å². The third kappa shape index (κ3) is 4.14. The second kappa shape index (κ2) is 7.22. The minimum Gasteiger partial charge on any atom is -0.341 e. The lowest BCUT2D eigenvalue weighted by molar-refractivity contribution is -0.130. The molecule has 3 nitrogen and oxygen atoms in total. The summed E-state index contributed by atoms with van der Waals surface area (Å²) in [5.41, 5.74) is 0. The molecule has 1 saturated carbocycles. The molecule has 1 N–H and O–H groups in total.